The maximum Gasteiger partial charge on any atom is 0.316 e. The van der Waals surface area contributed by atoms with E-state index in [1.54, 1.807) is 0 Å². The molecule has 3 rings (SSSR count). The number of hydrogen-bond donors (Lipinski definition) is 2. The van der Waals surface area contributed by atoms with Crippen molar-refractivity contribution >= 4 is 17.0 Å². The number of phenolic OH excluding ortho intramolecular Hbond substituents is 1. The molecule has 0 heterocycles. The van der Waals surface area contributed by atoms with Crippen molar-refractivity contribution in [2.75, 3.05) is 4.72 Å². The van der Waals surface area contributed by atoms with E-state index in [1.165, 1.54) is 5.56 Å². The van der Waals surface area contributed by atoms with Gasteiger partial charge in [0.25, 0.3) is 0 Å². The maximum atomic E-state index is 12.6. The molecule has 0 aliphatic heterocycles. The number of phenols is 1. The fourth-order valence-corrected chi connectivity index (χ4v) is 4.47. The summed E-state index contributed by atoms with van der Waals surface area (Å²) in [6.45, 7) is 7.78. The minimum atomic E-state index is -1.78. The van der Waals surface area contributed by atoms with Gasteiger partial charge in [0.1, 0.15) is 11.5 Å². The summed E-state index contributed by atoms with van der Waals surface area (Å²) in [5, 5.41) is 10.5. The molecule has 0 aromatic heterocycles. The van der Waals surface area contributed by atoms with Gasteiger partial charge in [0, 0.05) is 0 Å². The van der Waals surface area contributed by atoms with Crippen LogP contribution in [0.2, 0.25) is 0 Å². The molecule has 1 unspecified atom stereocenters. The molecule has 2 aromatic rings. The molecule has 4 nitrogen and oxygen atoms in total. The second kappa shape index (κ2) is 7.08. The van der Waals surface area contributed by atoms with Crippen molar-refractivity contribution in [3.63, 3.8) is 0 Å². The molecule has 1 atom stereocenters. The number of anilines is 1. The third-order valence-electron chi connectivity index (χ3n) is 4.76. The third-order valence-corrected chi connectivity index (χ3v) is 5.45. The Balaban J connectivity index is 1.88. The van der Waals surface area contributed by atoms with Crippen molar-refractivity contribution in [1.29, 1.82) is 0 Å². The highest BCUT2D eigenvalue weighted by Crippen LogP contribution is 2.38. The monoisotopic (exact) mass is 359 g/mol. The summed E-state index contributed by atoms with van der Waals surface area (Å²) < 4.78 is 21.2. The second-order valence-corrected chi connectivity index (χ2v) is 7.75. The molecule has 5 heteroatoms. The lowest BCUT2D eigenvalue weighted by Gasteiger charge is -2.22. The summed E-state index contributed by atoms with van der Waals surface area (Å²) in [7, 11) is 0. The van der Waals surface area contributed by atoms with Crippen LogP contribution in [0.25, 0.3) is 0 Å². The second-order valence-electron chi connectivity index (χ2n) is 6.91. The number of benzene rings is 2. The predicted molar refractivity (Wildman–Crippen MR) is 103 cm³/mol. The summed E-state index contributed by atoms with van der Waals surface area (Å²) in [5.41, 5.74) is 6.67. The number of aromatic hydroxyl groups is 1. The van der Waals surface area contributed by atoms with Gasteiger partial charge in [0.2, 0.25) is 0 Å². The van der Waals surface area contributed by atoms with Crippen molar-refractivity contribution in [3.05, 3.63) is 51.6 Å². The standard InChI is InChI=1S/C20H25NO3S/c1-12-9-14(3)20(15(4)10-12)24-25(23)21-18-17-8-6-5-7-16(17)11-13(2)19(18)22/h9-11,21-22H,5-8H2,1-4H3. The lowest BCUT2D eigenvalue weighted by Crippen LogP contribution is -2.16. The van der Waals surface area contributed by atoms with E-state index < -0.39 is 11.3 Å². The van der Waals surface area contributed by atoms with Gasteiger partial charge >= 0.3 is 11.3 Å². The summed E-state index contributed by atoms with van der Waals surface area (Å²) in [6, 6.07) is 6.05. The molecule has 0 radical (unpaired) electrons. The van der Waals surface area contributed by atoms with Gasteiger partial charge in [-0.05, 0) is 81.2 Å². The molecule has 1 aliphatic rings. The Morgan fingerprint density at radius 1 is 1.00 bits per heavy atom. The first-order valence-electron chi connectivity index (χ1n) is 8.65. The molecule has 0 bridgehead atoms. The first-order chi connectivity index (χ1) is 11.9. The summed E-state index contributed by atoms with van der Waals surface area (Å²) in [5.74, 6) is 0.785. The number of nitrogens with one attached hydrogen (secondary N) is 1. The fourth-order valence-electron chi connectivity index (χ4n) is 3.63. The van der Waals surface area contributed by atoms with Crippen LogP contribution < -0.4 is 8.91 Å². The van der Waals surface area contributed by atoms with Crippen LogP contribution >= 0.6 is 0 Å². The normalized spacial score (nSPS) is 14.7. The van der Waals surface area contributed by atoms with E-state index in [1.807, 2.05) is 45.9 Å². The molecular weight excluding hydrogens is 334 g/mol. The minimum absolute atomic E-state index is 0.162. The van der Waals surface area contributed by atoms with E-state index in [-0.39, 0.29) is 5.75 Å². The molecule has 2 N–H and O–H groups in total. The van der Waals surface area contributed by atoms with Crippen LogP contribution in [0.3, 0.4) is 0 Å². The fraction of sp³-hybridized carbons (Fsp3) is 0.400. The first kappa shape index (κ1) is 17.8. The van der Waals surface area contributed by atoms with Gasteiger partial charge in [-0.15, -0.1) is 0 Å². The van der Waals surface area contributed by atoms with Crippen molar-refractivity contribution in [3.8, 4) is 11.5 Å². The molecule has 2 aromatic carbocycles. The largest absolute Gasteiger partial charge is 0.505 e. The lowest BCUT2D eigenvalue weighted by atomic mass is 9.89. The Labute approximate surface area is 152 Å². The molecule has 0 amide bonds. The highest BCUT2D eigenvalue weighted by molar-refractivity contribution is 7.82. The molecular formula is C20H25NO3S. The molecule has 1 aliphatic carbocycles. The Bertz CT molecular complexity index is 822. The maximum absolute atomic E-state index is 12.6. The Morgan fingerprint density at radius 3 is 2.32 bits per heavy atom. The van der Waals surface area contributed by atoms with Gasteiger partial charge in [-0.2, -0.15) is 4.21 Å². The number of fused-ring (bicyclic) bond motifs is 1. The minimum Gasteiger partial charge on any atom is -0.505 e. The summed E-state index contributed by atoms with van der Waals surface area (Å²) in [6.07, 6.45) is 4.10. The number of aryl methyl sites for hydroxylation is 5. The summed E-state index contributed by atoms with van der Waals surface area (Å²) in [4.78, 5) is 0. The molecule has 0 fully saturated rings. The SMILES string of the molecule is Cc1cc(C)c(OS(=O)Nc2c(O)c(C)cc3c2CCCC3)c(C)c1. The van der Waals surface area contributed by atoms with Crippen LogP contribution in [0.5, 0.6) is 11.5 Å². The average Bonchev–Trinajstić information content (AvgIpc) is 2.55. The smallest absolute Gasteiger partial charge is 0.316 e. The van der Waals surface area contributed by atoms with E-state index in [2.05, 4.69) is 4.72 Å². The highest BCUT2D eigenvalue weighted by atomic mass is 32.2. The number of rotatable bonds is 4. The zero-order valence-electron chi connectivity index (χ0n) is 15.2. The Morgan fingerprint density at radius 2 is 1.64 bits per heavy atom. The highest BCUT2D eigenvalue weighted by Gasteiger charge is 2.21. The van der Waals surface area contributed by atoms with Crippen LogP contribution in [-0.4, -0.2) is 9.32 Å². The van der Waals surface area contributed by atoms with E-state index in [9.17, 15) is 9.32 Å². The van der Waals surface area contributed by atoms with Gasteiger partial charge in [0.15, 0.2) is 0 Å². The van der Waals surface area contributed by atoms with Gasteiger partial charge in [-0.3, -0.25) is 4.72 Å². The van der Waals surface area contributed by atoms with Gasteiger partial charge in [-0.25, -0.2) is 0 Å². The van der Waals surface area contributed by atoms with E-state index >= 15 is 0 Å². The van der Waals surface area contributed by atoms with Crippen LogP contribution in [0.15, 0.2) is 18.2 Å². The molecule has 134 valence electrons. The number of hydrogen-bond acceptors (Lipinski definition) is 3. The zero-order chi connectivity index (χ0) is 18.1. The Hall–Kier alpha value is -2.01. The Kier molecular flexibility index (Phi) is 5.04. The van der Waals surface area contributed by atoms with Crippen LogP contribution in [-0.2, 0) is 24.1 Å². The average molecular weight is 359 g/mol. The van der Waals surface area contributed by atoms with Crippen LogP contribution in [0.1, 0.15) is 46.2 Å². The third kappa shape index (κ3) is 3.66. The topological polar surface area (TPSA) is 58.6 Å². The van der Waals surface area contributed by atoms with Gasteiger partial charge < -0.3 is 9.29 Å². The van der Waals surface area contributed by atoms with Crippen molar-refractivity contribution in [2.24, 2.45) is 0 Å². The van der Waals surface area contributed by atoms with E-state index in [4.69, 9.17) is 4.18 Å². The van der Waals surface area contributed by atoms with E-state index in [0.29, 0.717) is 11.4 Å². The van der Waals surface area contributed by atoms with E-state index in [0.717, 1.165) is 53.5 Å². The molecule has 0 saturated carbocycles. The summed E-state index contributed by atoms with van der Waals surface area (Å²) >= 11 is -1.78. The molecule has 25 heavy (non-hydrogen) atoms. The lowest BCUT2D eigenvalue weighted by molar-refractivity contribution is 0.471. The van der Waals surface area contributed by atoms with Gasteiger partial charge in [0.05, 0.1) is 5.69 Å². The van der Waals surface area contributed by atoms with Crippen LogP contribution in [0.4, 0.5) is 5.69 Å². The van der Waals surface area contributed by atoms with Crippen molar-refractivity contribution in [2.45, 2.75) is 53.4 Å². The first-order valence-corrected chi connectivity index (χ1v) is 9.73. The van der Waals surface area contributed by atoms with Crippen molar-refractivity contribution < 1.29 is 13.5 Å². The van der Waals surface area contributed by atoms with Gasteiger partial charge in [-0.1, -0.05) is 23.8 Å². The molecule has 0 saturated heterocycles. The van der Waals surface area contributed by atoms with Crippen molar-refractivity contribution in [1.82, 2.24) is 0 Å². The quantitative estimate of drug-likeness (QED) is 0.786. The van der Waals surface area contributed by atoms with Crippen LogP contribution in [0, 0.1) is 27.7 Å². The molecule has 0 spiro atoms. The predicted octanol–water partition coefficient (Wildman–Crippen LogP) is 4.57. The zero-order valence-corrected chi connectivity index (χ0v) is 16.0.